The minimum atomic E-state index is -0.375. The lowest BCUT2D eigenvalue weighted by atomic mass is 10.2. The SMILES string of the molecule is CO/N=C(C)/C(=N\OC)C(=O)N1CCN(CC(N)=O)CC1. The van der Waals surface area contributed by atoms with Crippen LogP contribution in [0, 0.1) is 0 Å². The monoisotopic (exact) mass is 299 g/mol. The summed E-state index contributed by atoms with van der Waals surface area (Å²) in [5.41, 5.74) is 5.59. The molecule has 9 heteroatoms. The smallest absolute Gasteiger partial charge is 0.278 e. The summed E-state index contributed by atoms with van der Waals surface area (Å²) >= 11 is 0. The standard InChI is InChI=1S/C12H21N5O4/c1-9(14-20-2)11(15-21-3)12(19)17-6-4-16(5-7-17)8-10(13)18/h4-8H2,1-3H3,(H2,13,18)/b14-9+,15-11+. The molecular formula is C12H21N5O4. The Morgan fingerprint density at radius 1 is 1.10 bits per heavy atom. The van der Waals surface area contributed by atoms with E-state index in [1.165, 1.54) is 14.2 Å². The molecule has 1 aliphatic heterocycles. The molecule has 21 heavy (non-hydrogen) atoms. The Kier molecular flexibility index (Phi) is 6.60. The lowest BCUT2D eigenvalue weighted by Gasteiger charge is -2.33. The van der Waals surface area contributed by atoms with Crippen LogP contribution in [0.2, 0.25) is 0 Å². The maximum Gasteiger partial charge on any atom is 0.278 e. The van der Waals surface area contributed by atoms with Crippen LogP contribution < -0.4 is 5.73 Å². The molecule has 9 nitrogen and oxygen atoms in total. The summed E-state index contributed by atoms with van der Waals surface area (Å²) in [5.74, 6) is -0.659. The van der Waals surface area contributed by atoms with E-state index in [0.29, 0.717) is 31.9 Å². The molecule has 0 radical (unpaired) electrons. The van der Waals surface area contributed by atoms with Crippen molar-refractivity contribution in [2.24, 2.45) is 16.0 Å². The van der Waals surface area contributed by atoms with Gasteiger partial charge in [0.2, 0.25) is 5.91 Å². The predicted octanol–water partition coefficient (Wildman–Crippen LogP) is -1.36. The van der Waals surface area contributed by atoms with Gasteiger partial charge in [0.1, 0.15) is 19.9 Å². The molecule has 118 valence electrons. The molecule has 1 fully saturated rings. The Hall–Kier alpha value is -2.16. The van der Waals surface area contributed by atoms with Crippen LogP contribution in [0.1, 0.15) is 6.92 Å². The van der Waals surface area contributed by atoms with Crippen LogP contribution in [0.15, 0.2) is 10.3 Å². The fourth-order valence-corrected chi connectivity index (χ4v) is 2.01. The Bertz CT molecular complexity index is 441. The molecule has 0 aliphatic carbocycles. The molecule has 0 unspecified atom stereocenters. The summed E-state index contributed by atoms with van der Waals surface area (Å²) in [6.45, 7) is 3.93. The van der Waals surface area contributed by atoms with Gasteiger partial charge in [0.05, 0.1) is 6.54 Å². The second kappa shape index (κ2) is 8.20. The predicted molar refractivity (Wildman–Crippen MR) is 76.8 cm³/mol. The van der Waals surface area contributed by atoms with Crippen LogP contribution >= 0.6 is 0 Å². The average Bonchev–Trinajstić information content (AvgIpc) is 2.44. The second-order valence-corrected chi connectivity index (χ2v) is 4.52. The number of oxime groups is 2. The molecule has 0 aromatic heterocycles. The van der Waals surface area contributed by atoms with Gasteiger partial charge in [-0.1, -0.05) is 10.3 Å². The van der Waals surface area contributed by atoms with Crippen molar-refractivity contribution in [2.75, 3.05) is 46.9 Å². The number of amides is 2. The van der Waals surface area contributed by atoms with Crippen molar-refractivity contribution in [1.82, 2.24) is 9.80 Å². The van der Waals surface area contributed by atoms with E-state index in [1.54, 1.807) is 11.8 Å². The highest BCUT2D eigenvalue weighted by Gasteiger charge is 2.27. The van der Waals surface area contributed by atoms with Crippen LogP contribution in [-0.2, 0) is 19.3 Å². The molecule has 0 atom stereocenters. The fraction of sp³-hybridized carbons (Fsp3) is 0.667. The van der Waals surface area contributed by atoms with E-state index in [4.69, 9.17) is 5.73 Å². The van der Waals surface area contributed by atoms with Gasteiger partial charge in [-0.15, -0.1) is 0 Å². The number of hydrogen-bond donors (Lipinski definition) is 1. The lowest BCUT2D eigenvalue weighted by Crippen LogP contribution is -2.52. The van der Waals surface area contributed by atoms with Gasteiger partial charge in [-0.2, -0.15) is 0 Å². The quantitative estimate of drug-likeness (QED) is 0.481. The number of rotatable bonds is 6. The zero-order valence-corrected chi connectivity index (χ0v) is 12.5. The van der Waals surface area contributed by atoms with E-state index in [0.717, 1.165) is 0 Å². The minimum absolute atomic E-state index is 0.0997. The molecule has 0 aromatic carbocycles. The largest absolute Gasteiger partial charge is 0.399 e. The van der Waals surface area contributed by atoms with Gasteiger partial charge < -0.3 is 20.3 Å². The molecule has 1 aliphatic rings. The third-order valence-electron chi connectivity index (χ3n) is 3.00. The first-order chi connectivity index (χ1) is 9.99. The Morgan fingerprint density at radius 3 is 2.14 bits per heavy atom. The third-order valence-corrected chi connectivity index (χ3v) is 3.00. The van der Waals surface area contributed by atoms with Crippen LogP contribution in [0.4, 0.5) is 0 Å². The van der Waals surface area contributed by atoms with Gasteiger partial charge in [-0.05, 0) is 6.92 Å². The van der Waals surface area contributed by atoms with Gasteiger partial charge in [-0.3, -0.25) is 14.5 Å². The number of nitrogens with two attached hydrogens (primary N) is 1. The summed E-state index contributed by atoms with van der Waals surface area (Å²) in [7, 11) is 2.75. The number of nitrogens with zero attached hydrogens (tertiary/aromatic N) is 4. The Balaban J connectivity index is 2.68. The van der Waals surface area contributed by atoms with Gasteiger partial charge in [0.15, 0.2) is 5.71 Å². The van der Waals surface area contributed by atoms with E-state index >= 15 is 0 Å². The number of hydrogen-bond acceptors (Lipinski definition) is 7. The van der Waals surface area contributed by atoms with Gasteiger partial charge in [-0.25, -0.2) is 0 Å². The van der Waals surface area contributed by atoms with Crippen LogP contribution in [0.3, 0.4) is 0 Å². The molecule has 2 amide bonds. The van der Waals surface area contributed by atoms with E-state index in [1.807, 2.05) is 4.90 Å². The molecule has 1 saturated heterocycles. The summed E-state index contributed by atoms with van der Waals surface area (Å²) in [6, 6.07) is 0. The van der Waals surface area contributed by atoms with Gasteiger partial charge >= 0.3 is 0 Å². The van der Waals surface area contributed by atoms with Crippen LogP contribution in [0.25, 0.3) is 0 Å². The van der Waals surface area contributed by atoms with Crippen molar-refractivity contribution in [1.29, 1.82) is 0 Å². The molecule has 2 N–H and O–H groups in total. The summed E-state index contributed by atoms with van der Waals surface area (Å²) in [6.07, 6.45) is 0. The van der Waals surface area contributed by atoms with E-state index < -0.39 is 0 Å². The molecule has 0 aromatic rings. The highest BCUT2D eigenvalue weighted by atomic mass is 16.6. The highest BCUT2D eigenvalue weighted by molar-refractivity contribution is 6.66. The van der Waals surface area contributed by atoms with E-state index in [2.05, 4.69) is 20.0 Å². The number of carbonyl (C=O) groups is 2. The van der Waals surface area contributed by atoms with Gasteiger partial charge in [0.25, 0.3) is 5.91 Å². The van der Waals surface area contributed by atoms with Crippen molar-refractivity contribution < 1.29 is 19.3 Å². The first-order valence-corrected chi connectivity index (χ1v) is 6.48. The minimum Gasteiger partial charge on any atom is -0.399 e. The van der Waals surface area contributed by atoms with Crippen LogP contribution in [0.5, 0.6) is 0 Å². The summed E-state index contributed by atoms with van der Waals surface area (Å²) in [5, 5.41) is 7.41. The van der Waals surface area contributed by atoms with Crippen molar-refractivity contribution in [3.8, 4) is 0 Å². The maximum absolute atomic E-state index is 12.4. The van der Waals surface area contributed by atoms with Crippen molar-refractivity contribution >= 4 is 23.2 Å². The first kappa shape index (κ1) is 16.9. The second-order valence-electron chi connectivity index (χ2n) is 4.52. The molecule has 0 spiro atoms. The third kappa shape index (κ3) is 5.03. The number of primary amides is 1. The van der Waals surface area contributed by atoms with Crippen LogP contribution in [-0.4, -0.2) is 80.0 Å². The highest BCUT2D eigenvalue weighted by Crippen LogP contribution is 2.04. The number of piperazine rings is 1. The zero-order valence-electron chi connectivity index (χ0n) is 12.5. The average molecular weight is 299 g/mol. The van der Waals surface area contributed by atoms with Crippen molar-refractivity contribution in [2.45, 2.75) is 6.92 Å². The van der Waals surface area contributed by atoms with E-state index in [-0.39, 0.29) is 24.1 Å². The van der Waals surface area contributed by atoms with Crippen molar-refractivity contribution in [3.05, 3.63) is 0 Å². The summed E-state index contributed by atoms with van der Waals surface area (Å²) in [4.78, 5) is 36.1. The summed E-state index contributed by atoms with van der Waals surface area (Å²) < 4.78 is 0. The Labute approximate surface area is 123 Å². The Morgan fingerprint density at radius 2 is 1.67 bits per heavy atom. The first-order valence-electron chi connectivity index (χ1n) is 6.48. The number of carbonyl (C=O) groups excluding carboxylic acids is 2. The normalized spacial score (nSPS) is 17.6. The van der Waals surface area contributed by atoms with E-state index in [9.17, 15) is 9.59 Å². The van der Waals surface area contributed by atoms with Crippen molar-refractivity contribution in [3.63, 3.8) is 0 Å². The fourth-order valence-electron chi connectivity index (χ4n) is 2.01. The molecular weight excluding hydrogens is 278 g/mol. The topological polar surface area (TPSA) is 110 Å². The molecule has 1 rings (SSSR count). The molecule has 0 saturated carbocycles. The lowest BCUT2D eigenvalue weighted by molar-refractivity contribution is -0.126. The zero-order chi connectivity index (χ0) is 15.8. The maximum atomic E-state index is 12.4. The van der Waals surface area contributed by atoms with Gasteiger partial charge in [0, 0.05) is 26.2 Å². The molecule has 0 bridgehead atoms. The molecule has 1 heterocycles.